The molecule has 0 amide bonds. The molecule has 1 aromatic heterocycles. The Morgan fingerprint density at radius 1 is 1.08 bits per heavy atom. The Morgan fingerprint density at radius 2 is 1.81 bits per heavy atom. The molecule has 1 aliphatic heterocycles. The van der Waals surface area contributed by atoms with E-state index in [-0.39, 0.29) is 5.82 Å². The molecule has 4 rings (SSSR count). The fraction of sp³-hybridized carbons (Fsp3) is 0.263. The molecule has 0 radical (unpaired) electrons. The lowest BCUT2D eigenvalue weighted by atomic mass is 10.2. The number of hydrogen-bond donors (Lipinski definition) is 0. The molecule has 1 fully saturated rings. The number of halogens is 2. The third-order valence-corrected chi connectivity index (χ3v) is 5.17. The Kier molecular flexibility index (Phi) is 4.89. The van der Waals surface area contributed by atoms with E-state index in [1.54, 1.807) is 12.1 Å². The van der Waals surface area contributed by atoms with E-state index in [0.717, 1.165) is 24.3 Å². The second-order valence-corrected chi connectivity index (χ2v) is 7.20. The summed E-state index contributed by atoms with van der Waals surface area (Å²) in [6.07, 6.45) is 2.40. The van der Waals surface area contributed by atoms with Crippen molar-refractivity contribution in [2.24, 2.45) is 0 Å². The second kappa shape index (κ2) is 7.31. The quantitative estimate of drug-likeness (QED) is 0.593. The van der Waals surface area contributed by atoms with Gasteiger partial charge in [-0.3, -0.25) is 9.47 Å². The summed E-state index contributed by atoms with van der Waals surface area (Å²) >= 11 is 11.9. The first-order chi connectivity index (χ1) is 12.6. The fourth-order valence-corrected chi connectivity index (χ4v) is 3.73. The van der Waals surface area contributed by atoms with Crippen LogP contribution in [0.5, 0.6) is 0 Å². The Bertz CT molecular complexity index is 974. The van der Waals surface area contributed by atoms with Crippen molar-refractivity contribution in [1.82, 2.24) is 19.2 Å². The van der Waals surface area contributed by atoms with E-state index in [1.165, 1.54) is 25.0 Å². The van der Waals surface area contributed by atoms with Gasteiger partial charge in [0.05, 0.1) is 12.4 Å². The van der Waals surface area contributed by atoms with Gasteiger partial charge in [0.25, 0.3) is 0 Å². The van der Waals surface area contributed by atoms with Crippen LogP contribution < -0.4 is 0 Å². The van der Waals surface area contributed by atoms with Gasteiger partial charge < -0.3 is 0 Å². The van der Waals surface area contributed by atoms with Crippen LogP contribution in [0.2, 0.25) is 5.02 Å². The number of rotatable bonds is 4. The predicted octanol–water partition coefficient (Wildman–Crippen LogP) is 4.92. The maximum Gasteiger partial charge on any atom is 0.204 e. The molecular weight excluding hydrogens is 371 g/mol. The van der Waals surface area contributed by atoms with Gasteiger partial charge in [0.2, 0.25) is 4.77 Å². The minimum atomic E-state index is -0.283. The summed E-state index contributed by atoms with van der Waals surface area (Å²) in [5, 5.41) is 5.40. The molecule has 7 heteroatoms. The van der Waals surface area contributed by atoms with Crippen molar-refractivity contribution in [2.45, 2.75) is 19.5 Å². The van der Waals surface area contributed by atoms with Gasteiger partial charge in [0, 0.05) is 10.6 Å². The van der Waals surface area contributed by atoms with E-state index in [9.17, 15) is 4.39 Å². The third-order valence-electron chi connectivity index (χ3n) is 4.54. The molecule has 2 heterocycles. The van der Waals surface area contributed by atoms with Crippen LogP contribution in [-0.2, 0) is 6.67 Å². The zero-order chi connectivity index (χ0) is 18.1. The van der Waals surface area contributed by atoms with Crippen molar-refractivity contribution in [3.05, 3.63) is 64.1 Å². The minimum absolute atomic E-state index is 0.283. The van der Waals surface area contributed by atoms with Crippen molar-refractivity contribution in [1.29, 1.82) is 0 Å². The zero-order valence-corrected chi connectivity index (χ0v) is 15.7. The fourth-order valence-electron chi connectivity index (χ4n) is 3.25. The molecule has 0 N–H and O–H groups in total. The average molecular weight is 389 g/mol. The summed E-state index contributed by atoms with van der Waals surface area (Å²) in [7, 11) is 0. The number of hydrogen-bond acceptors (Lipinski definition) is 3. The monoisotopic (exact) mass is 388 g/mol. The summed E-state index contributed by atoms with van der Waals surface area (Å²) < 4.78 is 17.7. The molecule has 0 bridgehead atoms. The summed E-state index contributed by atoms with van der Waals surface area (Å²) in [6.45, 7) is 2.76. The van der Waals surface area contributed by atoms with E-state index >= 15 is 0 Å². The van der Waals surface area contributed by atoms with Crippen LogP contribution in [0.25, 0.3) is 17.1 Å². The zero-order valence-electron chi connectivity index (χ0n) is 14.1. The first kappa shape index (κ1) is 17.4. The highest BCUT2D eigenvalue weighted by molar-refractivity contribution is 7.71. The molecule has 3 aromatic rings. The Balaban J connectivity index is 1.84. The topological polar surface area (TPSA) is 26.0 Å². The number of benzene rings is 2. The van der Waals surface area contributed by atoms with Crippen LogP contribution in [0.3, 0.4) is 0 Å². The van der Waals surface area contributed by atoms with Gasteiger partial charge in [-0.1, -0.05) is 23.7 Å². The van der Waals surface area contributed by atoms with Crippen molar-refractivity contribution < 1.29 is 4.39 Å². The normalized spacial score (nSPS) is 14.8. The maximum atomic E-state index is 13.4. The van der Waals surface area contributed by atoms with Gasteiger partial charge >= 0.3 is 0 Å². The highest BCUT2D eigenvalue weighted by Crippen LogP contribution is 2.25. The summed E-state index contributed by atoms with van der Waals surface area (Å²) in [4.78, 5) is 2.33. The van der Waals surface area contributed by atoms with Gasteiger partial charge in [-0.25, -0.2) is 9.07 Å². The van der Waals surface area contributed by atoms with Crippen LogP contribution in [-0.4, -0.2) is 32.3 Å². The molecule has 0 unspecified atom stereocenters. The molecule has 134 valence electrons. The molecule has 1 aliphatic rings. The van der Waals surface area contributed by atoms with E-state index in [4.69, 9.17) is 28.9 Å². The van der Waals surface area contributed by atoms with Gasteiger partial charge in [-0.15, -0.1) is 5.10 Å². The first-order valence-corrected chi connectivity index (χ1v) is 9.34. The van der Waals surface area contributed by atoms with E-state index in [0.29, 0.717) is 22.3 Å². The van der Waals surface area contributed by atoms with Crippen LogP contribution in [0.4, 0.5) is 4.39 Å². The van der Waals surface area contributed by atoms with Gasteiger partial charge in [0.1, 0.15) is 5.82 Å². The summed E-state index contributed by atoms with van der Waals surface area (Å²) in [6, 6.07) is 13.8. The summed E-state index contributed by atoms with van der Waals surface area (Å²) in [5.41, 5.74) is 1.65. The molecule has 0 atom stereocenters. The standard InChI is InChI=1S/C19H18ClFN4S/c20-15-5-3-4-14(12-15)18-22-24(13-23-10-1-2-11-23)19(26)25(18)17-8-6-16(21)7-9-17/h3-9,12H,1-2,10-11,13H2. The molecule has 0 aliphatic carbocycles. The van der Waals surface area contributed by atoms with Crippen LogP contribution in [0.15, 0.2) is 48.5 Å². The van der Waals surface area contributed by atoms with E-state index in [2.05, 4.69) is 4.90 Å². The van der Waals surface area contributed by atoms with E-state index < -0.39 is 0 Å². The molecule has 0 spiro atoms. The van der Waals surface area contributed by atoms with Crippen molar-refractivity contribution in [3.63, 3.8) is 0 Å². The predicted molar refractivity (Wildman–Crippen MR) is 104 cm³/mol. The maximum absolute atomic E-state index is 13.4. The van der Waals surface area contributed by atoms with Crippen LogP contribution in [0.1, 0.15) is 12.8 Å². The molecule has 2 aromatic carbocycles. The third kappa shape index (κ3) is 3.45. The van der Waals surface area contributed by atoms with Crippen molar-refractivity contribution >= 4 is 23.8 Å². The second-order valence-electron chi connectivity index (χ2n) is 6.39. The molecule has 26 heavy (non-hydrogen) atoms. The lowest BCUT2D eigenvalue weighted by Crippen LogP contribution is -2.23. The van der Waals surface area contributed by atoms with Gasteiger partial charge in [-0.2, -0.15) is 0 Å². The Labute approximate surface area is 161 Å². The van der Waals surface area contributed by atoms with Gasteiger partial charge in [0.15, 0.2) is 5.82 Å². The largest absolute Gasteiger partial charge is 0.284 e. The molecular formula is C19H18ClFN4S. The number of nitrogens with zero attached hydrogens (tertiary/aromatic N) is 4. The Morgan fingerprint density at radius 3 is 2.50 bits per heavy atom. The van der Waals surface area contributed by atoms with Crippen molar-refractivity contribution in [3.8, 4) is 17.1 Å². The molecule has 1 saturated heterocycles. The van der Waals surface area contributed by atoms with Crippen LogP contribution >= 0.6 is 23.8 Å². The SMILES string of the molecule is Fc1ccc(-n2c(-c3cccc(Cl)c3)nn(CN3CCCC3)c2=S)cc1. The smallest absolute Gasteiger partial charge is 0.204 e. The lowest BCUT2D eigenvalue weighted by Gasteiger charge is -2.13. The lowest BCUT2D eigenvalue weighted by molar-refractivity contribution is 0.253. The number of likely N-dealkylation sites (tertiary alicyclic amines) is 1. The highest BCUT2D eigenvalue weighted by atomic mass is 35.5. The van der Waals surface area contributed by atoms with E-state index in [1.807, 2.05) is 33.5 Å². The summed E-state index contributed by atoms with van der Waals surface area (Å²) in [5.74, 6) is 0.414. The highest BCUT2D eigenvalue weighted by Gasteiger charge is 2.18. The minimum Gasteiger partial charge on any atom is -0.284 e. The molecule has 4 nitrogen and oxygen atoms in total. The first-order valence-electron chi connectivity index (χ1n) is 8.56. The van der Waals surface area contributed by atoms with Gasteiger partial charge in [-0.05, 0) is 74.5 Å². The average Bonchev–Trinajstić information content (AvgIpc) is 3.25. The molecule has 0 saturated carbocycles. The van der Waals surface area contributed by atoms with Crippen molar-refractivity contribution in [2.75, 3.05) is 13.1 Å². The Hall–Kier alpha value is -2.02. The number of aromatic nitrogens is 3. The van der Waals surface area contributed by atoms with Crippen LogP contribution in [0, 0.1) is 10.6 Å².